The molecule has 1 N–H and O–H groups in total. The molecule has 1 heterocycles. The maximum atomic E-state index is 12.0. The molecule has 0 aliphatic rings. The molecule has 0 atom stereocenters. The van der Waals surface area contributed by atoms with E-state index in [0.717, 1.165) is 5.75 Å². The van der Waals surface area contributed by atoms with Crippen molar-refractivity contribution in [2.24, 2.45) is 7.05 Å². The maximum absolute atomic E-state index is 12.0. The minimum absolute atomic E-state index is 0.297. The zero-order valence-electron chi connectivity index (χ0n) is 10.7. The molecule has 0 aliphatic carbocycles. The van der Waals surface area contributed by atoms with Crippen LogP contribution in [0.25, 0.3) is 0 Å². The summed E-state index contributed by atoms with van der Waals surface area (Å²) in [5, 5.41) is 7.00. The van der Waals surface area contributed by atoms with Crippen molar-refractivity contribution >= 4 is 23.2 Å². The fraction of sp³-hybridized carbons (Fsp3) is 0.231. The van der Waals surface area contributed by atoms with Crippen LogP contribution in [-0.2, 0) is 7.05 Å². The monoisotopic (exact) mass is 279 g/mol. The van der Waals surface area contributed by atoms with Crippen molar-refractivity contribution < 1.29 is 9.53 Å². The molecule has 0 radical (unpaired) electrons. The first-order valence-corrected chi connectivity index (χ1v) is 6.21. The number of benzene rings is 1. The van der Waals surface area contributed by atoms with E-state index < -0.39 is 0 Å². The number of halogens is 1. The van der Waals surface area contributed by atoms with Gasteiger partial charge in [-0.1, -0.05) is 11.6 Å². The van der Waals surface area contributed by atoms with Gasteiger partial charge >= 0.3 is 0 Å². The number of anilines is 1. The van der Waals surface area contributed by atoms with E-state index in [1.54, 1.807) is 31.3 Å². The summed E-state index contributed by atoms with van der Waals surface area (Å²) in [4.78, 5) is 12.0. The predicted octanol–water partition coefficient (Wildman–Crippen LogP) is 2.72. The summed E-state index contributed by atoms with van der Waals surface area (Å²) in [6.45, 7) is 2.52. The van der Waals surface area contributed by atoms with Crippen LogP contribution in [0, 0.1) is 0 Å². The van der Waals surface area contributed by atoms with E-state index >= 15 is 0 Å². The zero-order valence-corrected chi connectivity index (χ0v) is 11.4. The van der Waals surface area contributed by atoms with Crippen LogP contribution in [-0.4, -0.2) is 22.3 Å². The Bertz CT molecular complexity index is 559. The van der Waals surface area contributed by atoms with E-state index in [0.29, 0.717) is 23.0 Å². The van der Waals surface area contributed by atoms with Gasteiger partial charge in [-0.15, -0.1) is 0 Å². The predicted molar refractivity (Wildman–Crippen MR) is 73.8 cm³/mol. The molecule has 0 saturated heterocycles. The first-order valence-electron chi connectivity index (χ1n) is 5.83. The van der Waals surface area contributed by atoms with Gasteiger partial charge in [0.2, 0.25) is 0 Å². The highest BCUT2D eigenvalue weighted by atomic mass is 35.5. The van der Waals surface area contributed by atoms with Crippen LogP contribution in [0.2, 0.25) is 5.02 Å². The standard InChI is InChI=1S/C13H14ClN3O2/c1-3-19-10-6-4-9(5-7-10)16-13(18)12-11(14)8-15-17(12)2/h4-8H,3H2,1-2H3,(H,16,18). The molecule has 0 unspecified atom stereocenters. The maximum Gasteiger partial charge on any atom is 0.275 e. The molecule has 0 bridgehead atoms. The molecule has 0 saturated carbocycles. The molecule has 5 nitrogen and oxygen atoms in total. The Morgan fingerprint density at radius 2 is 2.11 bits per heavy atom. The lowest BCUT2D eigenvalue weighted by atomic mass is 10.3. The largest absolute Gasteiger partial charge is 0.494 e. The Morgan fingerprint density at radius 3 is 2.63 bits per heavy atom. The second-order valence-corrected chi connectivity index (χ2v) is 4.28. The van der Waals surface area contributed by atoms with Gasteiger partial charge in [0, 0.05) is 12.7 Å². The van der Waals surface area contributed by atoms with Gasteiger partial charge in [-0.05, 0) is 31.2 Å². The minimum atomic E-state index is -0.297. The third-order valence-electron chi connectivity index (χ3n) is 2.53. The molecular formula is C13H14ClN3O2. The number of aryl methyl sites for hydroxylation is 1. The van der Waals surface area contributed by atoms with Crippen LogP contribution in [0.3, 0.4) is 0 Å². The average Bonchev–Trinajstić information content (AvgIpc) is 2.72. The first kappa shape index (κ1) is 13.4. The number of hydrogen-bond donors (Lipinski definition) is 1. The minimum Gasteiger partial charge on any atom is -0.494 e. The van der Waals surface area contributed by atoms with Crippen molar-refractivity contribution in [3.05, 3.63) is 41.2 Å². The normalized spacial score (nSPS) is 10.3. The van der Waals surface area contributed by atoms with Crippen molar-refractivity contribution in [3.8, 4) is 5.75 Å². The third kappa shape index (κ3) is 3.06. The molecule has 2 aromatic rings. The fourth-order valence-corrected chi connectivity index (χ4v) is 1.91. The topological polar surface area (TPSA) is 56.1 Å². The molecule has 0 fully saturated rings. The molecular weight excluding hydrogens is 266 g/mol. The number of amides is 1. The lowest BCUT2D eigenvalue weighted by Gasteiger charge is -2.07. The van der Waals surface area contributed by atoms with Crippen LogP contribution < -0.4 is 10.1 Å². The smallest absolute Gasteiger partial charge is 0.275 e. The van der Waals surface area contributed by atoms with Gasteiger partial charge in [0.15, 0.2) is 0 Å². The Morgan fingerprint density at radius 1 is 1.42 bits per heavy atom. The van der Waals surface area contributed by atoms with E-state index in [9.17, 15) is 4.79 Å². The second-order valence-electron chi connectivity index (χ2n) is 3.88. The average molecular weight is 280 g/mol. The van der Waals surface area contributed by atoms with Gasteiger partial charge < -0.3 is 10.1 Å². The number of ether oxygens (including phenoxy) is 1. The second kappa shape index (κ2) is 5.75. The molecule has 100 valence electrons. The van der Waals surface area contributed by atoms with Crippen molar-refractivity contribution in [1.29, 1.82) is 0 Å². The summed E-state index contributed by atoms with van der Waals surface area (Å²) < 4.78 is 6.77. The molecule has 0 aliphatic heterocycles. The van der Waals surface area contributed by atoms with Crippen LogP contribution in [0.5, 0.6) is 5.75 Å². The molecule has 1 aromatic heterocycles. The summed E-state index contributed by atoms with van der Waals surface area (Å²) in [6.07, 6.45) is 1.44. The van der Waals surface area contributed by atoms with E-state index in [1.807, 2.05) is 6.92 Å². The van der Waals surface area contributed by atoms with Gasteiger partial charge in [-0.3, -0.25) is 9.48 Å². The number of hydrogen-bond acceptors (Lipinski definition) is 3. The fourth-order valence-electron chi connectivity index (χ4n) is 1.66. The van der Waals surface area contributed by atoms with Crippen molar-refractivity contribution in [2.75, 3.05) is 11.9 Å². The Kier molecular flexibility index (Phi) is 4.06. The number of nitrogens with zero attached hydrogens (tertiary/aromatic N) is 2. The summed E-state index contributed by atoms with van der Waals surface area (Å²) in [6, 6.07) is 7.13. The number of carbonyl (C=O) groups excluding carboxylic acids is 1. The summed E-state index contributed by atoms with van der Waals surface area (Å²) in [5.41, 5.74) is 1.00. The van der Waals surface area contributed by atoms with E-state index in [1.165, 1.54) is 10.9 Å². The van der Waals surface area contributed by atoms with Crippen LogP contribution in [0.1, 0.15) is 17.4 Å². The van der Waals surface area contributed by atoms with Crippen molar-refractivity contribution in [1.82, 2.24) is 9.78 Å². The van der Waals surface area contributed by atoms with Gasteiger partial charge in [-0.2, -0.15) is 5.10 Å². The number of aromatic nitrogens is 2. The highest BCUT2D eigenvalue weighted by Gasteiger charge is 2.15. The first-order chi connectivity index (χ1) is 9.11. The van der Waals surface area contributed by atoms with Gasteiger partial charge in [0.25, 0.3) is 5.91 Å². The molecule has 0 spiro atoms. The lowest BCUT2D eigenvalue weighted by molar-refractivity contribution is 0.101. The summed E-state index contributed by atoms with van der Waals surface area (Å²) in [5.74, 6) is 0.466. The van der Waals surface area contributed by atoms with Crippen LogP contribution in [0.15, 0.2) is 30.5 Å². The summed E-state index contributed by atoms with van der Waals surface area (Å²) in [7, 11) is 1.67. The molecule has 1 aromatic carbocycles. The zero-order chi connectivity index (χ0) is 13.8. The number of nitrogens with one attached hydrogen (secondary N) is 1. The van der Waals surface area contributed by atoms with E-state index in [2.05, 4.69) is 10.4 Å². The Labute approximate surface area is 116 Å². The van der Waals surface area contributed by atoms with E-state index in [4.69, 9.17) is 16.3 Å². The van der Waals surface area contributed by atoms with Gasteiger partial charge in [-0.25, -0.2) is 0 Å². The van der Waals surface area contributed by atoms with Crippen molar-refractivity contribution in [3.63, 3.8) is 0 Å². The molecule has 6 heteroatoms. The quantitative estimate of drug-likeness (QED) is 0.936. The highest BCUT2D eigenvalue weighted by Crippen LogP contribution is 2.19. The third-order valence-corrected chi connectivity index (χ3v) is 2.81. The SMILES string of the molecule is CCOc1ccc(NC(=O)c2c(Cl)cnn2C)cc1. The van der Waals surface area contributed by atoms with Crippen molar-refractivity contribution in [2.45, 2.75) is 6.92 Å². The van der Waals surface area contributed by atoms with Gasteiger partial charge in [0.05, 0.1) is 17.8 Å². The number of carbonyl (C=O) groups is 1. The van der Waals surface area contributed by atoms with Gasteiger partial charge in [0.1, 0.15) is 11.4 Å². The van der Waals surface area contributed by atoms with Crippen LogP contribution >= 0.6 is 11.6 Å². The molecule has 19 heavy (non-hydrogen) atoms. The van der Waals surface area contributed by atoms with Crippen LogP contribution in [0.4, 0.5) is 5.69 Å². The Hall–Kier alpha value is -2.01. The lowest BCUT2D eigenvalue weighted by Crippen LogP contribution is -2.16. The molecule has 1 amide bonds. The van der Waals surface area contributed by atoms with E-state index in [-0.39, 0.29) is 5.91 Å². The summed E-state index contributed by atoms with van der Waals surface area (Å²) >= 11 is 5.91. The number of rotatable bonds is 4. The Balaban J connectivity index is 2.11. The molecule has 2 rings (SSSR count). The highest BCUT2D eigenvalue weighted by molar-refractivity contribution is 6.34.